The van der Waals surface area contributed by atoms with Gasteiger partial charge in [-0.3, -0.25) is 0 Å². The van der Waals surface area contributed by atoms with Crippen molar-refractivity contribution >= 4 is 43.6 Å². The number of benzene rings is 4. The van der Waals surface area contributed by atoms with Crippen LogP contribution >= 0.6 is 0 Å². The molecule has 0 fully saturated rings. The number of hydrogen-bond donors (Lipinski definition) is 0. The Morgan fingerprint density at radius 1 is 0.781 bits per heavy atom. The fraction of sp³-hybridized carbons (Fsp3) is 0.167. The maximum absolute atomic E-state index is 6.56. The van der Waals surface area contributed by atoms with Gasteiger partial charge in [-0.05, 0) is 46.9 Å². The fourth-order valence-corrected chi connectivity index (χ4v) is 5.13. The zero-order chi connectivity index (χ0) is 22.0. The summed E-state index contributed by atoms with van der Waals surface area (Å²) in [5, 5.41) is 6.05. The fourth-order valence-electron chi connectivity index (χ4n) is 5.13. The molecule has 0 amide bonds. The van der Waals surface area contributed by atoms with Crippen molar-refractivity contribution < 1.29 is 8.98 Å². The molecule has 0 N–H and O–H groups in total. The Bertz CT molecular complexity index is 1670. The van der Waals surface area contributed by atoms with E-state index in [1.165, 1.54) is 49.4 Å². The van der Waals surface area contributed by atoms with Crippen LogP contribution in [0.5, 0.6) is 0 Å². The molecule has 4 aromatic carbocycles. The van der Waals surface area contributed by atoms with E-state index in [9.17, 15) is 0 Å². The largest absolute Gasteiger partial charge is 0.455 e. The average Bonchev–Trinajstić information content (AvgIpc) is 3.20. The molecule has 6 rings (SSSR count). The summed E-state index contributed by atoms with van der Waals surface area (Å²) in [4.78, 5) is 0. The lowest BCUT2D eigenvalue weighted by Gasteiger charge is -2.13. The van der Waals surface area contributed by atoms with E-state index in [2.05, 4.69) is 111 Å². The number of nitrogens with zero attached hydrogens (tertiary/aromatic N) is 1. The van der Waals surface area contributed by atoms with Crippen molar-refractivity contribution in [1.29, 1.82) is 0 Å². The van der Waals surface area contributed by atoms with Crippen LogP contribution in [0.3, 0.4) is 0 Å². The van der Waals surface area contributed by atoms with Crippen molar-refractivity contribution in [3.05, 3.63) is 90.0 Å². The Morgan fingerprint density at radius 3 is 2.34 bits per heavy atom. The summed E-state index contributed by atoms with van der Waals surface area (Å²) in [6.07, 6.45) is 0. The Kier molecular flexibility index (Phi) is 4.13. The SMILES string of the molecule is Cc1ccc2ccccc2c1-c1c2c3ccccc3oc2c2cc(C(C)C)ccc2[n+]1C. The van der Waals surface area contributed by atoms with Gasteiger partial charge in [0, 0.05) is 11.5 Å². The van der Waals surface area contributed by atoms with E-state index in [1.54, 1.807) is 0 Å². The molecule has 32 heavy (non-hydrogen) atoms. The van der Waals surface area contributed by atoms with Gasteiger partial charge in [-0.15, -0.1) is 0 Å². The molecule has 0 spiro atoms. The summed E-state index contributed by atoms with van der Waals surface area (Å²) in [5.74, 6) is 0.462. The van der Waals surface area contributed by atoms with Gasteiger partial charge in [0.25, 0.3) is 0 Å². The van der Waals surface area contributed by atoms with E-state index in [0.29, 0.717) is 5.92 Å². The quantitative estimate of drug-likeness (QED) is 0.263. The predicted octanol–water partition coefficient (Wildman–Crippen LogP) is 7.82. The molecule has 0 saturated carbocycles. The van der Waals surface area contributed by atoms with Crippen molar-refractivity contribution in [1.82, 2.24) is 0 Å². The lowest BCUT2D eigenvalue weighted by Crippen LogP contribution is -2.32. The number of para-hydroxylation sites is 1. The van der Waals surface area contributed by atoms with Gasteiger partial charge in [-0.2, -0.15) is 4.57 Å². The normalized spacial score (nSPS) is 12.0. The van der Waals surface area contributed by atoms with Crippen LogP contribution in [0.1, 0.15) is 30.9 Å². The summed E-state index contributed by atoms with van der Waals surface area (Å²) >= 11 is 0. The molecule has 0 aliphatic heterocycles. The van der Waals surface area contributed by atoms with Crippen LogP contribution in [0.2, 0.25) is 0 Å². The number of rotatable bonds is 2. The first-order valence-electron chi connectivity index (χ1n) is 11.3. The van der Waals surface area contributed by atoms with Crippen LogP contribution in [-0.2, 0) is 7.05 Å². The molecule has 2 heterocycles. The van der Waals surface area contributed by atoms with E-state index in [-0.39, 0.29) is 0 Å². The number of pyridine rings is 1. The second-order valence-electron chi connectivity index (χ2n) is 9.12. The van der Waals surface area contributed by atoms with Crippen molar-refractivity contribution in [2.75, 3.05) is 0 Å². The second-order valence-corrected chi connectivity index (χ2v) is 9.12. The van der Waals surface area contributed by atoms with E-state index >= 15 is 0 Å². The molecule has 6 aromatic rings. The van der Waals surface area contributed by atoms with Crippen LogP contribution in [0.15, 0.2) is 83.3 Å². The monoisotopic (exact) mass is 416 g/mol. The molecule has 156 valence electrons. The van der Waals surface area contributed by atoms with Crippen LogP contribution in [0.25, 0.3) is 54.9 Å². The zero-order valence-corrected chi connectivity index (χ0v) is 18.9. The highest BCUT2D eigenvalue weighted by Gasteiger charge is 2.28. The van der Waals surface area contributed by atoms with Gasteiger partial charge in [0.2, 0.25) is 11.2 Å². The van der Waals surface area contributed by atoms with Crippen molar-refractivity contribution in [2.24, 2.45) is 7.05 Å². The predicted molar refractivity (Wildman–Crippen MR) is 134 cm³/mol. The lowest BCUT2D eigenvalue weighted by molar-refractivity contribution is -0.632. The van der Waals surface area contributed by atoms with Crippen molar-refractivity contribution in [3.8, 4) is 11.3 Å². The minimum absolute atomic E-state index is 0.462. The van der Waals surface area contributed by atoms with Gasteiger partial charge in [0.05, 0.1) is 10.9 Å². The number of fused-ring (bicyclic) bond motifs is 6. The summed E-state index contributed by atoms with van der Waals surface area (Å²) in [7, 11) is 2.19. The maximum atomic E-state index is 6.56. The molecule has 0 atom stereocenters. The van der Waals surface area contributed by atoms with E-state index in [1.807, 2.05) is 0 Å². The first-order valence-corrected chi connectivity index (χ1v) is 11.3. The number of furan rings is 1. The van der Waals surface area contributed by atoms with Gasteiger partial charge >= 0.3 is 0 Å². The van der Waals surface area contributed by atoms with Crippen LogP contribution in [-0.4, -0.2) is 0 Å². The van der Waals surface area contributed by atoms with Gasteiger partial charge in [-0.1, -0.05) is 74.5 Å². The maximum Gasteiger partial charge on any atom is 0.225 e. The molecule has 0 aliphatic rings. The second kappa shape index (κ2) is 6.93. The third-order valence-electron chi connectivity index (χ3n) is 6.84. The van der Waals surface area contributed by atoms with Crippen LogP contribution < -0.4 is 4.57 Å². The first kappa shape index (κ1) is 19.1. The highest BCUT2D eigenvalue weighted by atomic mass is 16.3. The smallest absolute Gasteiger partial charge is 0.225 e. The van der Waals surface area contributed by atoms with Crippen molar-refractivity contribution in [2.45, 2.75) is 26.7 Å². The molecular weight excluding hydrogens is 390 g/mol. The van der Waals surface area contributed by atoms with Gasteiger partial charge in [0.1, 0.15) is 18.0 Å². The minimum atomic E-state index is 0.462. The molecule has 0 radical (unpaired) electrons. The summed E-state index contributed by atoms with van der Waals surface area (Å²) in [5.41, 5.74) is 8.18. The first-order chi connectivity index (χ1) is 15.5. The molecule has 2 nitrogen and oxygen atoms in total. The molecule has 0 unspecified atom stereocenters. The third-order valence-corrected chi connectivity index (χ3v) is 6.84. The van der Waals surface area contributed by atoms with Crippen LogP contribution in [0, 0.1) is 6.92 Å². The minimum Gasteiger partial charge on any atom is -0.455 e. The van der Waals surface area contributed by atoms with Crippen LogP contribution in [0.4, 0.5) is 0 Å². The highest BCUT2D eigenvalue weighted by molar-refractivity contribution is 6.19. The van der Waals surface area contributed by atoms with Gasteiger partial charge in [-0.25, -0.2) is 0 Å². The number of aryl methyl sites for hydroxylation is 2. The molecule has 0 aliphatic carbocycles. The highest BCUT2D eigenvalue weighted by Crippen LogP contribution is 2.41. The molecule has 0 bridgehead atoms. The summed E-state index contributed by atoms with van der Waals surface area (Å²) < 4.78 is 8.92. The molecule has 2 heteroatoms. The third kappa shape index (κ3) is 2.62. The van der Waals surface area contributed by atoms with E-state index < -0.39 is 0 Å². The Balaban J connectivity index is 1.89. The lowest BCUT2D eigenvalue weighted by atomic mass is 9.92. The Labute approximate surface area is 187 Å². The van der Waals surface area contributed by atoms with E-state index in [0.717, 1.165) is 16.6 Å². The zero-order valence-electron chi connectivity index (χ0n) is 18.9. The van der Waals surface area contributed by atoms with Crippen molar-refractivity contribution in [3.63, 3.8) is 0 Å². The molecule has 0 saturated heterocycles. The number of hydrogen-bond acceptors (Lipinski definition) is 1. The average molecular weight is 417 g/mol. The Morgan fingerprint density at radius 2 is 1.53 bits per heavy atom. The molecule has 2 aromatic heterocycles. The van der Waals surface area contributed by atoms with Gasteiger partial charge < -0.3 is 4.42 Å². The summed E-state index contributed by atoms with van der Waals surface area (Å²) in [6, 6.07) is 28.3. The summed E-state index contributed by atoms with van der Waals surface area (Å²) in [6.45, 7) is 6.69. The van der Waals surface area contributed by atoms with Gasteiger partial charge in [0.15, 0.2) is 5.58 Å². The topological polar surface area (TPSA) is 17.0 Å². The Hall–Kier alpha value is -3.65. The standard InChI is InChI=1S/C30H26NO/c1-18(2)21-15-16-25-24(17-21)30-28(23-11-7-8-12-26(23)32-30)29(31(25)4)27-19(3)13-14-20-9-5-6-10-22(20)27/h5-18H,1-4H3/q+1. The number of aromatic nitrogens is 1. The molecular formula is C30H26NO+. The van der Waals surface area contributed by atoms with E-state index in [4.69, 9.17) is 4.42 Å².